The first-order valence-corrected chi connectivity index (χ1v) is 6.69. The van der Waals surface area contributed by atoms with Gasteiger partial charge in [-0.2, -0.15) is 0 Å². The quantitative estimate of drug-likeness (QED) is 0.869. The zero-order valence-electron chi connectivity index (χ0n) is 10.7. The molecule has 0 spiro atoms. The van der Waals surface area contributed by atoms with Crippen molar-refractivity contribution in [3.05, 3.63) is 23.4 Å². The Morgan fingerprint density at radius 3 is 2.65 bits per heavy atom. The van der Waals surface area contributed by atoms with E-state index in [0.29, 0.717) is 0 Å². The molecule has 0 saturated carbocycles. The molecule has 1 aliphatic heterocycles. The predicted octanol–water partition coefficient (Wildman–Crippen LogP) is 2.52. The van der Waals surface area contributed by atoms with Gasteiger partial charge in [0.05, 0.1) is 6.61 Å². The van der Waals surface area contributed by atoms with E-state index in [4.69, 9.17) is 4.98 Å². The zero-order valence-corrected chi connectivity index (χ0v) is 10.7. The van der Waals surface area contributed by atoms with Gasteiger partial charge in [-0.25, -0.2) is 4.98 Å². The first kappa shape index (κ1) is 12.4. The molecular weight excluding hydrogens is 212 g/mol. The van der Waals surface area contributed by atoms with Gasteiger partial charge in [0.15, 0.2) is 0 Å². The number of hydrogen-bond acceptors (Lipinski definition) is 3. The van der Waals surface area contributed by atoms with Crippen LogP contribution < -0.4 is 4.90 Å². The zero-order chi connectivity index (χ0) is 12.1. The molecule has 1 aromatic rings. The lowest BCUT2D eigenvalue weighted by Gasteiger charge is -2.28. The Labute approximate surface area is 103 Å². The monoisotopic (exact) mass is 234 g/mol. The second-order valence-corrected chi connectivity index (χ2v) is 4.78. The maximum Gasteiger partial charge on any atom is 0.129 e. The second kappa shape index (κ2) is 6.01. The molecule has 0 aliphatic carbocycles. The highest BCUT2D eigenvalue weighted by molar-refractivity contribution is 5.43. The lowest BCUT2D eigenvalue weighted by Crippen LogP contribution is -2.30. The number of aliphatic hydroxyl groups excluding tert-OH is 1. The minimum Gasteiger partial charge on any atom is -0.392 e. The molecule has 0 bridgehead atoms. The number of aryl methyl sites for hydroxylation is 1. The smallest absolute Gasteiger partial charge is 0.129 e. The number of pyridine rings is 1. The Morgan fingerprint density at radius 1 is 1.24 bits per heavy atom. The summed E-state index contributed by atoms with van der Waals surface area (Å²) in [6.07, 6.45) is 5.94. The van der Waals surface area contributed by atoms with E-state index in [1.54, 1.807) is 0 Å². The summed E-state index contributed by atoms with van der Waals surface area (Å²) in [7, 11) is 0. The molecule has 17 heavy (non-hydrogen) atoms. The number of aromatic nitrogens is 1. The summed E-state index contributed by atoms with van der Waals surface area (Å²) in [5, 5.41) is 9.31. The molecule has 94 valence electrons. The third kappa shape index (κ3) is 3.19. The lowest BCUT2D eigenvalue weighted by atomic mass is 10.1. The van der Waals surface area contributed by atoms with Crippen molar-refractivity contribution < 1.29 is 5.11 Å². The highest BCUT2D eigenvalue weighted by Gasteiger charge is 2.13. The van der Waals surface area contributed by atoms with Gasteiger partial charge in [-0.1, -0.05) is 13.3 Å². The highest BCUT2D eigenvalue weighted by Crippen LogP contribution is 2.20. The summed E-state index contributed by atoms with van der Waals surface area (Å²) < 4.78 is 0. The minimum absolute atomic E-state index is 0.111. The minimum atomic E-state index is 0.111. The molecule has 3 heteroatoms. The van der Waals surface area contributed by atoms with Gasteiger partial charge < -0.3 is 10.0 Å². The van der Waals surface area contributed by atoms with E-state index >= 15 is 0 Å². The van der Waals surface area contributed by atoms with E-state index in [2.05, 4.69) is 11.8 Å². The molecular formula is C14H22N2O. The Morgan fingerprint density at radius 2 is 2.00 bits per heavy atom. The first-order chi connectivity index (χ1) is 8.33. The molecule has 1 saturated heterocycles. The molecule has 1 aromatic heterocycles. The fourth-order valence-electron chi connectivity index (χ4n) is 2.39. The SMILES string of the molecule is CCCc1cc(CO)cc(N2CCCCC2)n1. The van der Waals surface area contributed by atoms with E-state index < -0.39 is 0 Å². The largest absolute Gasteiger partial charge is 0.392 e. The van der Waals surface area contributed by atoms with Crippen LogP contribution in [0.2, 0.25) is 0 Å². The number of anilines is 1. The Hall–Kier alpha value is -1.09. The van der Waals surface area contributed by atoms with Crippen LogP contribution in [0.15, 0.2) is 12.1 Å². The average Bonchev–Trinajstić information content (AvgIpc) is 2.40. The molecule has 0 amide bonds. The number of aliphatic hydroxyl groups is 1. The first-order valence-electron chi connectivity index (χ1n) is 6.69. The van der Waals surface area contributed by atoms with Crippen LogP contribution in [-0.4, -0.2) is 23.2 Å². The molecule has 2 heterocycles. The molecule has 2 rings (SSSR count). The summed E-state index contributed by atoms with van der Waals surface area (Å²) in [5.41, 5.74) is 2.10. The Balaban J connectivity index is 2.21. The van der Waals surface area contributed by atoms with Gasteiger partial charge >= 0.3 is 0 Å². The third-order valence-electron chi connectivity index (χ3n) is 3.29. The number of nitrogens with zero attached hydrogens (tertiary/aromatic N) is 2. The number of hydrogen-bond donors (Lipinski definition) is 1. The van der Waals surface area contributed by atoms with Crippen LogP contribution in [0.25, 0.3) is 0 Å². The van der Waals surface area contributed by atoms with E-state index in [9.17, 15) is 5.11 Å². The number of piperidine rings is 1. The van der Waals surface area contributed by atoms with Crippen molar-refractivity contribution in [2.24, 2.45) is 0 Å². The van der Waals surface area contributed by atoms with E-state index in [1.165, 1.54) is 19.3 Å². The third-order valence-corrected chi connectivity index (χ3v) is 3.29. The van der Waals surface area contributed by atoms with Gasteiger partial charge in [0.2, 0.25) is 0 Å². The normalized spacial score (nSPS) is 16.2. The summed E-state index contributed by atoms with van der Waals surface area (Å²) in [6.45, 7) is 4.48. The van der Waals surface area contributed by atoms with Crippen LogP contribution >= 0.6 is 0 Å². The maximum absolute atomic E-state index is 9.31. The molecule has 0 aromatic carbocycles. The van der Waals surface area contributed by atoms with E-state index in [0.717, 1.165) is 43.0 Å². The molecule has 1 N–H and O–H groups in total. The van der Waals surface area contributed by atoms with Gasteiger partial charge in [-0.05, 0) is 43.4 Å². The molecule has 1 aliphatic rings. The van der Waals surface area contributed by atoms with Crippen LogP contribution in [-0.2, 0) is 13.0 Å². The Kier molecular flexibility index (Phi) is 4.37. The van der Waals surface area contributed by atoms with Crippen molar-refractivity contribution in [3.8, 4) is 0 Å². The van der Waals surface area contributed by atoms with Crippen molar-refractivity contribution in [1.29, 1.82) is 0 Å². The molecule has 0 radical (unpaired) electrons. The maximum atomic E-state index is 9.31. The second-order valence-electron chi connectivity index (χ2n) is 4.78. The van der Waals surface area contributed by atoms with Crippen LogP contribution in [0.5, 0.6) is 0 Å². The molecule has 0 unspecified atom stereocenters. The van der Waals surface area contributed by atoms with Crippen LogP contribution in [0.3, 0.4) is 0 Å². The van der Waals surface area contributed by atoms with Crippen molar-refractivity contribution >= 4 is 5.82 Å². The van der Waals surface area contributed by atoms with Gasteiger partial charge in [0.25, 0.3) is 0 Å². The number of rotatable bonds is 4. The highest BCUT2D eigenvalue weighted by atomic mass is 16.3. The van der Waals surface area contributed by atoms with Gasteiger partial charge in [0, 0.05) is 18.8 Å². The predicted molar refractivity (Wildman–Crippen MR) is 70.2 cm³/mol. The van der Waals surface area contributed by atoms with Crippen molar-refractivity contribution in [2.75, 3.05) is 18.0 Å². The summed E-state index contributed by atoms with van der Waals surface area (Å²) in [5.74, 6) is 1.06. The van der Waals surface area contributed by atoms with E-state index in [1.807, 2.05) is 12.1 Å². The average molecular weight is 234 g/mol. The summed E-state index contributed by atoms with van der Waals surface area (Å²) in [6, 6.07) is 4.06. The van der Waals surface area contributed by atoms with Gasteiger partial charge in [0.1, 0.15) is 5.82 Å². The van der Waals surface area contributed by atoms with Crippen molar-refractivity contribution in [2.45, 2.75) is 45.6 Å². The van der Waals surface area contributed by atoms with Crippen LogP contribution in [0.4, 0.5) is 5.82 Å². The van der Waals surface area contributed by atoms with Gasteiger partial charge in [-0.15, -0.1) is 0 Å². The topological polar surface area (TPSA) is 36.4 Å². The standard InChI is InChI=1S/C14H22N2O/c1-2-6-13-9-12(11-17)10-14(15-13)16-7-4-3-5-8-16/h9-10,17H,2-8,11H2,1H3. The van der Waals surface area contributed by atoms with Crippen molar-refractivity contribution in [1.82, 2.24) is 4.98 Å². The molecule has 3 nitrogen and oxygen atoms in total. The lowest BCUT2D eigenvalue weighted by molar-refractivity contribution is 0.281. The Bertz CT molecular complexity index is 359. The molecule has 1 fully saturated rings. The van der Waals surface area contributed by atoms with Gasteiger partial charge in [-0.3, -0.25) is 0 Å². The van der Waals surface area contributed by atoms with Crippen molar-refractivity contribution in [3.63, 3.8) is 0 Å². The summed E-state index contributed by atoms with van der Waals surface area (Å²) in [4.78, 5) is 7.06. The molecule has 0 atom stereocenters. The fourth-order valence-corrected chi connectivity index (χ4v) is 2.39. The van der Waals surface area contributed by atoms with Crippen LogP contribution in [0, 0.1) is 0 Å². The van der Waals surface area contributed by atoms with Crippen LogP contribution in [0.1, 0.15) is 43.9 Å². The summed E-state index contributed by atoms with van der Waals surface area (Å²) >= 11 is 0. The fraction of sp³-hybridized carbons (Fsp3) is 0.643. The van der Waals surface area contributed by atoms with E-state index in [-0.39, 0.29) is 6.61 Å².